The van der Waals surface area contributed by atoms with E-state index in [1.807, 2.05) is 12.1 Å². The molecule has 0 aliphatic carbocycles. The first-order chi connectivity index (χ1) is 6.65. The smallest absolute Gasteiger partial charge is 0.0406 e. The minimum absolute atomic E-state index is 0.553. The molecule has 0 saturated carbocycles. The van der Waals surface area contributed by atoms with Crippen LogP contribution in [-0.2, 0) is 0 Å². The highest BCUT2D eigenvalue weighted by atomic mass is 35.5. The Morgan fingerprint density at radius 2 is 1.79 bits per heavy atom. The van der Waals surface area contributed by atoms with Crippen LogP contribution in [0, 0.1) is 5.92 Å². The van der Waals surface area contributed by atoms with Crippen LogP contribution < -0.4 is 5.73 Å². The summed E-state index contributed by atoms with van der Waals surface area (Å²) in [6.45, 7) is 5.20. The molecule has 0 amide bonds. The third-order valence-electron chi connectivity index (χ3n) is 2.58. The largest absolute Gasteiger partial charge is 0.330 e. The van der Waals surface area contributed by atoms with E-state index in [1.165, 1.54) is 5.56 Å². The van der Waals surface area contributed by atoms with Gasteiger partial charge in [-0.25, -0.2) is 0 Å². The van der Waals surface area contributed by atoms with Crippen molar-refractivity contribution < 1.29 is 0 Å². The predicted molar refractivity (Wildman–Crippen MR) is 62.7 cm³/mol. The lowest BCUT2D eigenvalue weighted by atomic mass is 9.86. The maximum absolute atomic E-state index is 5.85. The van der Waals surface area contributed by atoms with Gasteiger partial charge in [-0.15, -0.1) is 0 Å². The third kappa shape index (κ3) is 3.00. The minimum atomic E-state index is 0.553. The van der Waals surface area contributed by atoms with Gasteiger partial charge in [0.25, 0.3) is 0 Å². The molecule has 0 radical (unpaired) electrons. The fraction of sp³-hybridized carbons (Fsp3) is 0.500. The molecule has 14 heavy (non-hydrogen) atoms. The molecule has 2 N–H and O–H groups in total. The Kier molecular flexibility index (Phi) is 4.43. The van der Waals surface area contributed by atoms with Gasteiger partial charge < -0.3 is 5.73 Å². The Hall–Kier alpha value is -0.530. The number of benzene rings is 1. The van der Waals surface area contributed by atoms with E-state index in [0.29, 0.717) is 11.8 Å². The van der Waals surface area contributed by atoms with Gasteiger partial charge >= 0.3 is 0 Å². The first-order valence-corrected chi connectivity index (χ1v) is 5.48. The number of hydrogen-bond acceptors (Lipinski definition) is 1. The monoisotopic (exact) mass is 211 g/mol. The van der Waals surface area contributed by atoms with Crippen molar-refractivity contribution >= 4 is 11.6 Å². The van der Waals surface area contributed by atoms with Gasteiger partial charge in [0.05, 0.1) is 0 Å². The first-order valence-electron chi connectivity index (χ1n) is 5.10. The third-order valence-corrected chi connectivity index (χ3v) is 2.83. The predicted octanol–water partition coefficient (Wildman–Crippen LogP) is 3.43. The molecule has 1 aromatic carbocycles. The Morgan fingerprint density at radius 3 is 2.21 bits per heavy atom. The molecule has 0 unspecified atom stereocenters. The quantitative estimate of drug-likeness (QED) is 0.812. The molecule has 0 bridgehead atoms. The zero-order valence-electron chi connectivity index (χ0n) is 8.83. The van der Waals surface area contributed by atoms with Gasteiger partial charge in [0.2, 0.25) is 0 Å². The maximum Gasteiger partial charge on any atom is 0.0406 e. The first kappa shape index (κ1) is 11.5. The van der Waals surface area contributed by atoms with Crippen molar-refractivity contribution in [2.24, 2.45) is 11.7 Å². The van der Waals surface area contributed by atoms with Crippen LogP contribution >= 0.6 is 11.6 Å². The number of hydrogen-bond donors (Lipinski definition) is 1. The van der Waals surface area contributed by atoms with Gasteiger partial charge in [-0.1, -0.05) is 37.6 Å². The molecule has 1 aromatic rings. The van der Waals surface area contributed by atoms with Crippen LogP contribution in [-0.4, -0.2) is 6.54 Å². The Balaban J connectivity index is 2.82. The van der Waals surface area contributed by atoms with Crippen molar-refractivity contribution in [3.63, 3.8) is 0 Å². The minimum Gasteiger partial charge on any atom is -0.330 e. The van der Waals surface area contributed by atoms with Crippen LogP contribution in [0.15, 0.2) is 24.3 Å². The van der Waals surface area contributed by atoms with E-state index in [9.17, 15) is 0 Å². The number of halogens is 1. The van der Waals surface area contributed by atoms with Crippen LogP contribution in [0.1, 0.15) is 31.7 Å². The van der Waals surface area contributed by atoms with Crippen LogP contribution in [0.2, 0.25) is 5.02 Å². The standard InChI is InChI=1S/C12H18ClN/c1-9(2)12(7-8-14)10-3-5-11(13)6-4-10/h3-6,9,12H,7-8,14H2,1-2H3/t12-/m0/s1. The number of rotatable bonds is 4. The molecule has 0 saturated heterocycles. The lowest BCUT2D eigenvalue weighted by Gasteiger charge is -2.20. The van der Waals surface area contributed by atoms with E-state index in [0.717, 1.165) is 18.0 Å². The van der Waals surface area contributed by atoms with Crippen LogP contribution in [0.5, 0.6) is 0 Å². The molecule has 2 heteroatoms. The Morgan fingerprint density at radius 1 is 1.21 bits per heavy atom. The summed E-state index contributed by atoms with van der Waals surface area (Å²) in [5, 5.41) is 0.795. The summed E-state index contributed by atoms with van der Waals surface area (Å²) in [4.78, 5) is 0. The normalized spacial score (nSPS) is 13.2. The van der Waals surface area contributed by atoms with Crippen molar-refractivity contribution in [1.29, 1.82) is 0 Å². The summed E-state index contributed by atoms with van der Waals surface area (Å²) in [5.74, 6) is 1.18. The Labute approximate surface area is 91.3 Å². The molecule has 0 aliphatic rings. The van der Waals surface area contributed by atoms with E-state index >= 15 is 0 Å². The zero-order chi connectivity index (χ0) is 10.6. The van der Waals surface area contributed by atoms with E-state index < -0.39 is 0 Å². The highest BCUT2D eigenvalue weighted by Crippen LogP contribution is 2.28. The molecule has 0 fully saturated rings. The van der Waals surface area contributed by atoms with Crippen molar-refractivity contribution in [1.82, 2.24) is 0 Å². The lowest BCUT2D eigenvalue weighted by molar-refractivity contribution is 0.473. The van der Waals surface area contributed by atoms with Crippen molar-refractivity contribution in [2.45, 2.75) is 26.2 Å². The molecular weight excluding hydrogens is 194 g/mol. The van der Waals surface area contributed by atoms with Crippen LogP contribution in [0.3, 0.4) is 0 Å². The SMILES string of the molecule is CC(C)[C@H](CCN)c1ccc(Cl)cc1. The number of nitrogens with two attached hydrogens (primary N) is 1. The second kappa shape index (κ2) is 5.38. The fourth-order valence-corrected chi connectivity index (χ4v) is 1.90. The highest BCUT2D eigenvalue weighted by molar-refractivity contribution is 6.30. The maximum atomic E-state index is 5.85. The van der Waals surface area contributed by atoms with Crippen molar-refractivity contribution in [3.8, 4) is 0 Å². The van der Waals surface area contributed by atoms with Gasteiger partial charge in [-0.05, 0) is 42.5 Å². The van der Waals surface area contributed by atoms with Gasteiger partial charge in [-0.3, -0.25) is 0 Å². The van der Waals surface area contributed by atoms with Gasteiger partial charge in [0, 0.05) is 5.02 Å². The second-order valence-corrected chi connectivity index (χ2v) is 4.42. The molecule has 0 heterocycles. The second-order valence-electron chi connectivity index (χ2n) is 3.98. The molecule has 0 aliphatic heterocycles. The molecule has 1 atom stereocenters. The lowest BCUT2D eigenvalue weighted by Crippen LogP contribution is -2.12. The highest BCUT2D eigenvalue weighted by Gasteiger charge is 2.14. The summed E-state index contributed by atoms with van der Waals surface area (Å²) in [7, 11) is 0. The summed E-state index contributed by atoms with van der Waals surface area (Å²) in [6.07, 6.45) is 1.04. The van der Waals surface area contributed by atoms with Crippen LogP contribution in [0.4, 0.5) is 0 Å². The molecular formula is C12H18ClN. The fourth-order valence-electron chi connectivity index (χ4n) is 1.77. The summed E-state index contributed by atoms with van der Waals surface area (Å²) in [5.41, 5.74) is 6.95. The van der Waals surface area contributed by atoms with E-state index in [-0.39, 0.29) is 0 Å². The average molecular weight is 212 g/mol. The van der Waals surface area contributed by atoms with Crippen LogP contribution in [0.25, 0.3) is 0 Å². The molecule has 1 nitrogen and oxygen atoms in total. The summed E-state index contributed by atoms with van der Waals surface area (Å²) < 4.78 is 0. The molecule has 1 rings (SSSR count). The van der Waals surface area contributed by atoms with Gasteiger partial charge in [0.1, 0.15) is 0 Å². The molecule has 0 spiro atoms. The summed E-state index contributed by atoms with van der Waals surface area (Å²) in [6, 6.07) is 8.09. The molecule has 0 aromatic heterocycles. The Bertz CT molecular complexity index is 266. The zero-order valence-corrected chi connectivity index (χ0v) is 9.59. The average Bonchev–Trinajstić information content (AvgIpc) is 2.15. The molecule has 78 valence electrons. The van der Waals surface area contributed by atoms with E-state index in [2.05, 4.69) is 26.0 Å². The van der Waals surface area contributed by atoms with E-state index in [4.69, 9.17) is 17.3 Å². The van der Waals surface area contributed by atoms with Gasteiger partial charge in [-0.2, -0.15) is 0 Å². The van der Waals surface area contributed by atoms with E-state index in [1.54, 1.807) is 0 Å². The van der Waals surface area contributed by atoms with Crippen molar-refractivity contribution in [3.05, 3.63) is 34.9 Å². The topological polar surface area (TPSA) is 26.0 Å². The summed E-state index contributed by atoms with van der Waals surface area (Å²) >= 11 is 5.85. The van der Waals surface area contributed by atoms with Gasteiger partial charge in [0.15, 0.2) is 0 Å². The van der Waals surface area contributed by atoms with Crippen molar-refractivity contribution in [2.75, 3.05) is 6.54 Å².